The highest BCUT2D eigenvalue weighted by atomic mass is 16.4. The summed E-state index contributed by atoms with van der Waals surface area (Å²) in [7, 11) is 2.94. The third-order valence-electron chi connectivity index (χ3n) is 5.56. The zero-order chi connectivity index (χ0) is 24.2. The zero-order valence-corrected chi connectivity index (χ0v) is 18.8. The van der Waals surface area contributed by atoms with Crippen LogP contribution in [0.2, 0.25) is 0 Å². The van der Waals surface area contributed by atoms with Crippen LogP contribution in [0.1, 0.15) is 17.5 Å². The zero-order valence-electron chi connectivity index (χ0n) is 18.8. The molecule has 2 N–H and O–H groups in total. The second-order valence-electron chi connectivity index (χ2n) is 7.80. The highest BCUT2D eigenvalue weighted by Crippen LogP contribution is 2.17. The number of fused-ring (bicyclic) bond motifs is 1. The Morgan fingerprint density at radius 3 is 2.29 bits per heavy atom. The largest absolute Gasteiger partial charge is 0.476 e. The Balaban J connectivity index is 1.77. The first kappa shape index (κ1) is 22.7. The fourth-order valence-electron chi connectivity index (χ4n) is 3.77. The van der Waals surface area contributed by atoms with Crippen LogP contribution in [-0.2, 0) is 31.9 Å². The molecule has 4 aromatic rings. The van der Waals surface area contributed by atoms with Crippen molar-refractivity contribution in [3.63, 3.8) is 0 Å². The minimum Gasteiger partial charge on any atom is -0.476 e. The van der Waals surface area contributed by atoms with Gasteiger partial charge in [-0.05, 0) is 18.4 Å². The third kappa shape index (κ3) is 4.38. The minimum atomic E-state index is -1.21. The van der Waals surface area contributed by atoms with Gasteiger partial charge in [-0.3, -0.25) is 13.9 Å². The summed E-state index contributed by atoms with van der Waals surface area (Å²) in [4.78, 5) is 41.6. The second-order valence-corrected chi connectivity index (χ2v) is 7.80. The van der Waals surface area contributed by atoms with Crippen LogP contribution < -0.4 is 16.7 Å². The lowest BCUT2D eigenvalue weighted by Crippen LogP contribution is -2.37. The Morgan fingerprint density at radius 1 is 1.00 bits per heavy atom. The molecule has 0 fully saturated rings. The molecule has 0 unspecified atom stereocenters. The molecule has 0 aliphatic heterocycles. The summed E-state index contributed by atoms with van der Waals surface area (Å²) in [6.45, 7) is 0.407. The average Bonchev–Trinajstić information content (AvgIpc) is 3.21. The number of anilines is 1. The van der Waals surface area contributed by atoms with Gasteiger partial charge in [-0.15, -0.1) is 0 Å². The standard InChI is InChI=1S/C24H24N6O4/c1-28-20-19(21(31)29(2)24(28)34)30(15-9-12-16-10-5-3-6-11-16)23(25-20)27-26-18(22(32)33)17-13-7-4-8-14-17/h3-8,10-11,13-14H,9,12,15H2,1-2H3,(H,25,27)(H,32,33). The maximum atomic E-state index is 13.0. The van der Waals surface area contributed by atoms with E-state index in [2.05, 4.69) is 15.5 Å². The topological polar surface area (TPSA) is 124 Å². The molecule has 0 aliphatic carbocycles. The maximum Gasteiger partial charge on any atom is 0.356 e. The summed E-state index contributed by atoms with van der Waals surface area (Å²) < 4.78 is 3.96. The number of rotatable bonds is 8. The van der Waals surface area contributed by atoms with E-state index in [1.165, 1.54) is 18.7 Å². The van der Waals surface area contributed by atoms with Gasteiger partial charge < -0.3 is 9.67 Å². The Hall–Kier alpha value is -4.47. The average molecular weight is 460 g/mol. The van der Waals surface area contributed by atoms with Gasteiger partial charge in [0.05, 0.1) is 0 Å². The maximum absolute atomic E-state index is 13.0. The number of aliphatic carboxylic acids is 1. The minimum absolute atomic E-state index is 0.177. The molecule has 0 amide bonds. The highest BCUT2D eigenvalue weighted by Gasteiger charge is 2.20. The number of hydrogen-bond acceptors (Lipinski definition) is 6. The number of aromatic nitrogens is 4. The smallest absolute Gasteiger partial charge is 0.356 e. The molecule has 4 rings (SSSR count). The third-order valence-corrected chi connectivity index (χ3v) is 5.56. The van der Waals surface area contributed by atoms with Gasteiger partial charge in [0.15, 0.2) is 16.9 Å². The van der Waals surface area contributed by atoms with E-state index in [4.69, 9.17) is 0 Å². The molecule has 0 saturated carbocycles. The lowest BCUT2D eigenvalue weighted by Gasteiger charge is -2.10. The summed E-state index contributed by atoms with van der Waals surface area (Å²) in [5, 5.41) is 13.7. The number of imidazole rings is 1. The van der Waals surface area contributed by atoms with Crippen molar-refractivity contribution in [2.45, 2.75) is 19.4 Å². The van der Waals surface area contributed by atoms with Crippen LogP contribution in [0.4, 0.5) is 5.95 Å². The molecule has 0 bridgehead atoms. The molecule has 34 heavy (non-hydrogen) atoms. The van der Waals surface area contributed by atoms with E-state index in [1.54, 1.807) is 34.9 Å². The van der Waals surface area contributed by atoms with Gasteiger partial charge >= 0.3 is 11.7 Å². The Labute approximate surface area is 194 Å². The monoisotopic (exact) mass is 460 g/mol. The number of carboxylic acids is 1. The lowest BCUT2D eigenvalue weighted by molar-refractivity contribution is -0.129. The van der Waals surface area contributed by atoms with Crippen molar-refractivity contribution >= 4 is 28.8 Å². The molecule has 0 radical (unpaired) electrons. The number of carboxylic acid groups (broad SMARTS) is 1. The fraction of sp³-hybridized carbons (Fsp3) is 0.208. The van der Waals surface area contributed by atoms with Crippen LogP contribution in [-0.4, -0.2) is 35.5 Å². The van der Waals surface area contributed by atoms with E-state index in [1.807, 2.05) is 30.3 Å². The van der Waals surface area contributed by atoms with Crippen LogP contribution in [0.3, 0.4) is 0 Å². The van der Waals surface area contributed by atoms with Gasteiger partial charge in [-0.2, -0.15) is 10.1 Å². The van der Waals surface area contributed by atoms with E-state index in [9.17, 15) is 19.5 Å². The lowest BCUT2D eigenvalue weighted by atomic mass is 10.1. The van der Waals surface area contributed by atoms with Gasteiger partial charge in [0, 0.05) is 26.2 Å². The van der Waals surface area contributed by atoms with Gasteiger partial charge in [0.1, 0.15) is 0 Å². The highest BCUT2D eigenvalue weighted by molar-refractivity contribution is 6.42. The number of benzene rings is 2. The van der Waals surface area contributed by atoms with Gasteiger partial charge in [-0.25, -0.2) is 15.0 Å². The summed E-state index contributed by atoms with van der Waals surface area (Å²) in [6.07, 6.45) is 1.45. The van der Waals surface area contributed by atoms with Crippen molar-refractivity contribution in [2.75, 3.05) is 5.43 Å². The predicted octanol–water partition coefficient (Wildman–Crippen LogP) is 1.97. The van der Waals surface area contributed by atoms with Crippen molar-refractivity contribution in [2.24, 2.45) is 19.2 Å². The second kappa shape index (κ2) is 9.57. The van der Waals surface area contributed by atoms with Gasteiger partial charge in [0.2, 0.25) is 5.95 Å². The summed E-state index contributed by atoms with van der Waals surface area (Å²) in [5.41, 5.74) is 3.53. The number of carbonyl (C=O) groups is 1. The molecule has 174 valence electrons. The van der Waals surface area contributed by atoms with Gasteiger partial charge in [0.25, 0.3) is 5.56 Å². The van der Waals surface area contributed by atoms with E-state index in [0.29, 0.717) is 18.5 Å². The molecule has 0 spiro atoms. The molecular formula is C24H24N6O4. The van der Waals surface area contributed by atoms with E-state index in [-0.39, 0.29) is 22.8 Å². The van der Waals surface area contributed by atoms with E-state index < -0.39 is 17.2 Å². The van der Waals surface area contributed by atoms with Crippen molar-refractivity contribution in [3.8, 4) is 0 Å². The van der Waals surface area contributed by atoms with Crippen molar-refractivity contribution < 1.29 is 9.90 Å². The number of aryl methyl sites for hydroxylation is 3. The molecule has 10 nitrogen and oxygen atoms in total. The van der Waals surface area contributed by atoms with Crippen molar-refractivity contribution in [1.29, 1.82) is 0 Å². The molecule has 10 heteroatoms. The summed E-state index contributed by atoms with van der Waals surface area (Å²) in [5.74, 6) is -1.04. The SMILES string of the molecule is Cn1c(=O)c2c(nc(NN=C(C(=O)O)c3ccccc3)n2CCCc2ccccc2)n(C)c1=O. The van der Waals surface area contributed by atoms with Crippen LogP contribution >= 0.6 is 0 Å². The first-order valence-corrected chi connectivity index (χ1v) is 10.7. The Bertz CT molecular complexity index is 1480. The fourth-order valence-corrected chi connectivity index (χ4v) is 3.77. The van der Waals surface area contributed by atoms with E-state index >= 15 is 0 Å². The molecule has 2 aromatic heterocycles. The molecule has 2 heterocycles. The molecule has 2 aromatic carbocycles. The Morgan fingerprint density at radius 2 is 1.65 bits per heavy atom. The van der Waals surface area contributed by atoms with Crippen LogP contribution in [0.5, 0.6) is 0 Å². The number of nitrogens with zero attached hydrogens (tertiary/aromatic N) is 5. The molecule has 0 aliphatic rings. The Kier molecular flexibility index (Phi) is 6.39. The molecular weight excluding hydrogens is 436 g/mol. The quantitative estimate of drug-likeness (QED) is 0.306. The number of hydrogen-bond donors (Lipinski definition) is 2. The summed E-state index contributed by atoms with van der Waals surface area (Å²) in [6, 6.07) is 18.4. The van der Waals surface area contributed by atoms with E-state index in [0.717, 1.165) is 16.6 Å². The normalized spacial score (nSPS) is 11.6. The first-order valence-electron chi connectivity index (χ1n) is 10.7. The number of nitrogens with one attached hydrogen (secondary N) is 1. The van der Waals surface area contributed by atoms with Crippen molar-refractivity contribution in [3.05, 3.63) is 92.6 Å². The predicted molar refractivity (Wildman–Crippen MR) is 129 cm³/mol. The molecule has 0 atom stereocenters. The molecule has 0 saturated heterocycles. The van der Waals surface area contributed by atoms with Crippen LogP contribution in [0.15, 0.2) is 75.4 Å². The number of hydrazone groups is 1. The summed E-state index contributed by atoms with van der Waals surface area (Å²) >= 11 is 0. The van der Waals surface area contributed by atoms with Crippen LogP contribution in [0, 0.1) is 0 Å². The van der Waals surface area contributed by atoms with Crippen molar-refractivity contribution in [1.82, 2.24) is 18.7 Å². The van der Waals surface area contributed by atoms with Gasteiger partial charge in [-0.1, -0.05) is 60.7 Å². The van der Waals surface area contributed by atoms with Crippen LogP contribution in [0.25, 0.3) is 11.2 Å². The first-order chi connectivity index (χ1) is 16.4.